The van der Waals surface area contributed by atoms with Crippen LogP contribution in [0, 0.1) is 6.92 Å². The Morgan fingerprint density at radius 2 is 1.83 bits per heavy atom. The minimum Gasteiger partial charge on any atom is -0.364 e. The highest BCUT2D eigenvalue weighted by Gasteiger charge is 2.36. The molecule has 0 atom stereocenters. The van der Waals surface area contributed by atoms with E-state index in [1.807, 2.05) is 13.8 Å². The average Bonchev–Trinajstić information content (AvgIpc) is 2.38. The Morgan fingerprint density at radius 3 is 2.00 bits per heavy atom. The number of aromatic nitrogens is 1. The molecule has 0 saturated carbocycles. The molecule has 70 valence electrons. The maximum atomic E-state index is 11.8. The molecule has 5 heteroatoms. The Labute approximate surface area is 68.4 Å². The zero-order valence-electron chi connectivity index (χ0n) is 7.07. The van der Waals surface area contributed by atoms with E-state index in [4.69, 9.17) is 0 Å². The largest absolute Gasteiger partial charge is 0.437 e. The molecule has 0 aliphatic carbocycles. The van der Waals surface area contributed by atoms with E-state index in [1.165, 1.54) is 6.92 Å². The first kappa shape index (κ1) is 11.0. The summed E-state index contributed by atoms with van der Waals surface area (Å²) in [7, 11) is 0. The maximum absolute atomic E-state index is 11.8. The highest BCUT2D eigenvalue weighted by Crippen LogP contribution is 2.29. The summed E-state index contributed by atoms with van der Waals surface area (Å²) in [5, 5.41) is 2.79. The summed E-state index contributed by atoms with van der Waals surface area (Å²) < 4.78 is 39.4. The second-order valence-corrected chi connectivity index (χ2v) is 1.84. The summed E-state index contributed by atoms with van der Waals surface area (Å²) >= 11 is 0. The van der Waals surface area contributed by atoms with Gasteiger partial charge in [0.25, 0.3) is 0 Å². The third-order valence-electron chi connectivity index (χ3n) is 1.02. The molecule has 0 aliphatic heterocycles. The Bertz CT molecular complexity index is 229. The van der Waals surface area contributed by atoms with Crippen molar-refractivity contribution in [1.82, 2.24) is 5.16 Å². The van der Waals surface area contributed by atoms with E-state index >= 15 is 0 Å². The lowest BCUT2D eigenvalue weighted by Crippen LogP contribution is -2.06. The summed E-state index contributed by atoms with van der Waals surface area (Å²) in [5.41, 5.74) is -0.944. The third-order valence-corrected chi connectivity index (χ3v) is 1.02. The van der Waals surface area contributed by atoms with Crippen molar-refractivity contribution < 1.29 is 17.7 Å². The first-order valence-corrected chi connectivity index (χ1v) is 3.50. The highest BCUT2D eigenvalue weighted by molar-refractivity contribution is 5.14. The van der Waals surface area contributed by atoms with Crippen LogP contribution >= 0.6 is 0 Å². The van der Waals surface area contributed by atoms with Gasteiger partial charge in [-0.15, -0.1) is 0 Å². The number of alkyl halides is 3. The van der Waals surface area contributed by atoms with Gasteiger partial charge in [-0.2, -0.15) is 13.2 Å². The summed E-state index contributed by atoms with van der Waals surface area (Å²) in [6.45, 7) is 5.29. The lowest BCUT2D eigenvalue weighted by Gasteiger charge is -1.99. The Balaban J connectivity index is 0.000000561. The molecule has 1 aromatic rings. The van der Waals surface area contributed by atoms with Crippen LogP contribution in [0.5, 0.6) is 0 Å². The fraction of sp³-hybridized carbons (Fsp3) is 0.571. The van der Waals surface area contributed by atoms with Gasteiger partial charge in [0.1, 0.15) is 6.26 Å². The van der Waals surface area contributed by atoms with Crippen LogP contribution in [0.15, 0.2) is 10.8 Å². The topological polar surface area (TPSA) is 26.0 Å². The molecule has 0 N–H and O–H groups in total. The van der Waals surface area contributed by atoms with Crippen LogP contribution in [-0.4, -0.2) is 5.16 Å². The van der Waals surface area contributed by atoms with E-state index in [2.05, 4.69) is 9.68 Å². The van der Waals surface area contributed by atoms with E-state index in [9.17, 15) is 13.2 Å². The molecular formula is C7H10F3NO. The lowest BCUT2D eigenvalue weighted by atomic mass is 10.3. The number of hydrogen-bond acceptors (Lipinski definition) is 2. The Morgan fingerprint density at radius 1 is 1.33 bits per heavy atom. The van der Waals surface area contributed by atoms with Gasteiger partial charge >= 0.3 is 6.18 Å². The quantitative estimate of drug-likeness (QED) is 0.614. The normalized spacial score (nSPS) is 10.5. The predicted octanol–water partition coefficient (Wildman–Crippen LogP) is 3.03. The van der Waals surface area contributed by atoms with Crippen molar-refractivity contribution in [1.29, 1.82) is 0 Å². The molecular weight excluding hydrogens is 171 g/mol. The SMILES string of the molecule is CC.Cc1conc1C(F)(F)F. The van der Waals surface area contributed by atoms with Crippen molar-refractivity contribution in [2.24, 2.45) is 0 Å². The Kier molecular flexibility index (Phi) is 3.79. The van der Waals surface area contributed by atoms with Crippen LogP contribution < -0.4 is 0 Å². The van der Waals surface area contributed by atoms with E-state index < -0.39 is 11.9 Å². The van der Waals surface area contributed by atoms with Crippen LogP contribution in [0.3, 0.4) is 0 Å². The molecule has 12 heavy (non-hydrogen) atoms. The number of halogens is 3. The van der Waals surface area contributed by atoms with Gasteiger partial charge < -0.3 is 4.52 Å². The van der Waals surface area contributed by atoms with E-state index in [-0.39, 0.29) is 5.56 Å². The number of hydrogen-bond donors (Lipinski definition) is 0. The molecule has 1 heterocycles. The van der Waals surface area contributed by atoms with E-state index in [1.54, 1.807) is 0 Å². The van der Waals surface area contributed by atoms with Crippen LogP contribution in [0.25, 0.3) is 0 Å². The van der Waals surface area contributed by atoms with Gasteiger partial charge in [-0.1, -0.05) is 19.0 Å². The van der Waals surface area contributed by atoms with E-state index in [0.717, 1.165) is 6.26 Å². The third kappa shape index (κ3) is 2.56. The standard InChI is InChI=1S/C5H4F3NO.C2H6/c1-3-2-10-9-4(3)5(6,7)8;1-2/h2H,1H3;1-2H3. The highest BCUT2D eigenvalue weighted by atomic mass is 19.4. The molecule has 0 spiro atoms. The molecule has 0 aromatic carbocycles. The minimum absolute atomic E-state index is 0.00694. The molecule has 0 fully saturated rings. The van der Waals surface area contributed by atoms with Gasteiger partial charge in [0, 0.05) is 5.56 Å². The van der Waals surface area contributed by atoms with Gasteiger partial charge in [0.2, 0.25) is 0 Å². The molecule has 0 saturated heterocycles. The second kappa shape index (κ2) is 4.13. The van der Waals surface area contributed by atoms with Crippen LogP contribution in [-0.2, 0) is 6.18 Å². The van der Waals surface area contributed by atoms with Crippen molar-refractivity contribution in [2.45, 2.75) is 26.9 Å². The molecule has 0 amide bonds. The second-order valence-electron chi connectivity index (χ2n) is 1.84. The molecule has 0 aliphatic rings. The van der Waals surface area contributed by atoms with Gasteiger partial charge in [-0.05, 0) is 6.92 Å². The van der Waals surface area contributed by atoms with Crippen molar-refractivity contribution in [3.63, 3.8) is 0 Å². The number of aryl methyl sites for hydroxylation is 1. The fourth-order valence-corrected chi connectivity index (χ4v) is 0.561. The monoisotopic (exact) mass is 181 g/mol. The van der Waals surface area contributed by atoms with Gasteiger partial charge in [0.05, 0.1) is 0 Å². The fourth-order valence-electron chi connectivity index (χ4n) is 0.561. The van der Waals surface area contributed by atoms with Gasteiger partial charge in [-0.3, -0.25) is 0 Å². The molecule has 0 unspecified atom stereocenters. The zero-order valence-corrected chi connectivity index (χ0v) is 7.07. The molecule has 2 nitrogen and oxygen atoms in total. The minimum atomic E-state index is -4.39. The van der Waals surface area contributed by atoms with Crippen molar-refractivity contribution in [3.8, 4) is 0 Å². The number of rotatable bonds is 0. The van der Waals surface area contributed by atoms with E-state index in [0.29, 0.717) is 0 Å². The summed E-state index contributed by atoms with van der Waals surface area (Å²) in [6.07, 6.45) is -3.43. The first-order chi connectivity index (χ1) is 5.52. The van der Waals surface area contributed by atoms with Crippen LogP contribution in [0.4, 0.5) is 13.2 Å². The molecule has 0 radical (unpaired) electrons. The van der Waals surface area contributed by atoms with Crippen LogP contribution in [0.1, 0.15) is 25.1 Å². The van der Waals surface area contributed by atoms with Gasteiger partial charge in [0.15, 0.2) is 5.69 Å². The summed E-state index contributed by atoms with van der Waals surface area (Å²) in [6, 6.07) is 0. The molecule has 1 aromatic heterocycles. The molecule has 1 rings (SSSR count). The van der Waals surface area contributed by atoms with Crippen molar-refractivity contribution in [2.75, 3.05) is 0 Å². The van der Waals surface area contributed by atoms with Crippen LogP contribution in [0.2, 0.25) is 0 Å². The number of nitrogens with zero attached hydrogens (tertiary/aromatic N) is 1. The molecule has 0 bridgehead atoms. The Hall–Kier alpha value is -1.00. The lowest BCUT2D eigenvalue weighted by molar-refractivity contribution is -0.143. The average molecular weight is 181 g/mol. The first-order valence-electron chi connectivity index (χ1n) is 3.50. The summed E-state index contributed by atoms with van der Waals surface area (Å²) in [5.74, 6) is 0. The van der Waals surface area contributed by atoms with Gasteiger partial charge in [-0.25, -0.2) is 0 Å². The van der Waals surface area contributed by atoms with Crippen molar-refractivity contribution in [3.05, 3.63) is 17.5 Å². The maximum Gasteiger partial charge on any atom is 0.437 e. The van der Waals surface area contributed by atoms with Crippen molar-refractivity contribution >= 4 is 0 Å². The smallest absolute Gasteiger partial charge is 0.364 e. The summed E-state index contributed by atoms with van der Waals surface area (Å²) in [4.78, 5) is 0. The zero-order chi connectivity index (χ0) is 9.78. The predicted molar refractivity (Wildman–Crippen MR) is 37.6 cm³/mol.